The number of methoxy groups -OCH3 is 1. The lowest BCUT2D eigenvalue weighted by atomic mass is 9.84. The maximum atomic E-state index is 13.2. The molecular formula is C26H31N3O4S. The fourth-order valence-electron chi connectivity index (χ4n) is 5.17. The van der Waals surface area contributed by atoms with Crippen molar-refractivity contribution in [3.8, 4) is 17.2 Å². The van der Waals surface area contributed by atoms with Crippen LogP contribution in [0.1, 0.15) is 68.2 Å². The highest BCUT2D eigenvalue weighted by molar-refractivity contribution is 7.89. The van der Waals surface area contributed by atoms with E-state index in [4.69, 9.17) is 9.15 Å². The lowest BCUT2D eigenvalue weighted by Gasteiger charge is -2.29. The predicted molar refractivity (Wildman–Crippen MR) is 129 cm³/mol. The van der Waals surface area contributed by atoms with Gasteiger partial charge in [0, 0.05) is 19.0 Å². The lowest BCUT2D eigenvalue weighted by Crippen LogP contribution is -2.38. The predicted octanol–water partition coefficient (Wildman–Crippen LogP) is 5.36. The molecule has 0 radical (unpaired) electrons. The molecule has 7 nitrogen and oxygen atoms in total. The molecule has 8 heteroatoms. The van der Waals surface area contributed by atoms with E-state index in [9.17, 15) is 8.42 Å². The van der Waals surface area contributed by atoms with Gasteiger partial charge >= 0.3 is 0 Å². The van der Waals surface area contributed by atoms with Crippen molar-refractivity contribution in [2.75, 3.05) is 20.2 Å². The van der Waals surface area contributed by atoms with Gasteiger partial charge in [-0.05, 0) is 61.4 Å². The maximum Gasteiger partial charge on any atom is 0.251 e. The standard InChI is InChI=1S/C26H31N3O4S/c1-32-24-10-6-5-9-23(24)26-28-27-25(33-26)21-15-17-29(18-16-21)34(30,31)22-13-11-20(12-14-22)19-7-3-2-4-8-19/h5-6,9-14,19,21H,2-4,7-8,15-18H2,1H3. The van der Waals surface area contributed by atoms with E-state index >= 15 is 0 Å². The van der Waals surface area contributed by atoms with E-state index in [1.54, 1.807) is 23.5 Å². The molecule has 2 fully saturated rings. The van der Waals surface area contributed by atoms with Crippen molar-refractivity contribution in [3.05, 3.63) is 60.0 Å². The first-order valence-electron chi connectivity index (χ1n) is 12.1. The summed E-state index contributed by atoms with van der Waals surface area (Å²) in [5.41, 5.74) is 2.01. The van der Waals surface area contributed by atoms with Gasteiger partial charge in [0.2, 0.25) is 15.9 Å². The number of benzene rings is 2. The van der Waals surface area contributed by atoms with E-state index in [1.165, 1.54) is 37.7 Å². The minimum atomic E-state index is -3.51. The average molecular weight is 482 g/mol. The second-order valence-electron chi connectivity index (χ2n) is 9.23. The van der Waals surface area contributed by atoms with E-state index < -0.39 is 10.0 Å². The molecule has 0 bridgehead atoms. The molecule has 1 aliphatic heterocycles. The highest BCUT2D eigenvalue weighted by Gasteiger charge is 2.32. The number of piperidine rings is 1. The van der Waals surface area contributed by atoms with Gasteiger partial charge in [0.25, 0.3) is 5.89 Å². The van der Waals surface area contributed by atoms with Gasteiger partial charge in [-0.15, -0.1) is 10.2 Å². The molecule has 0 N–H and O–H groups in total. The zero-order valence-corrected chi connectivity index (χ0v) is 20.3. The van der Waals surface area contributed by atoms with E-state index in [1.807, 2.05) is 36.4 Å². The molecule has 0 unspecified atom stereocenters. The highest BCUT2D eigenvalue weighted by Crippen LogP contribution is 2.35. The van der Waals surface area contributed by atoms with Crippen molar-refractivity contribution < 1.29 is 17.6 Å². The van der Waals surface area contributed by atoms with Crippen LogP contribution in [0.15, 0.2) is 57.8 Å². The number of hydrogen-bond acceptors (Lipinski definition) is 6. The molecule has 34 heavy (non-hydrogen) atoms. The Morgan fingerprint density at radius 3 is 2.29 bits per heavy atom. The molecule has 2 heterocycles. The fraction of sp³-hybridized carbons (Fsp3) is 0.462. The Labute approximate surface area is 201 Å². The van der Waals surface area contributed by atoms with E-state index in [0.29, 0.717) is 54.3 Å². The van der Waals surface area contributed by atoms with Crippen LogP contribution in [-0.2, 0) is 10.0 Å². The molecule has 1 aromatic heterocycles. The van der Waals surface area contributed by atoms with Gasteiger partial charge in [-0.3, -0.25) is 0 Å². The van der Waals surface area contributed by atoms with Gasteiger partial charge in [0.05, 0.1) is 17.6 Å². The molecular weight excluding hydrogens is 450 g/mol. The topological polar surface area (TPSA) is 85.5 Å². The van der Waals surface area contributed by atoms with Crippen molar-refractivity contribution in [2.45, 2.75) is 61.7 Å². The van der Waals surface area contributed by atoms with Crippen LogP contribution < -0.4 is 4.74 Å². The van der Waals surface area contributed by atoms with Gasteiger partial charge in [-0.25, -0.2) is 8.42 Å². The summed E-state index contributed by atoms with van der Waals surface area (Å²) in [5.74, 6) is 2.25. The molecule has 1 saturated carbocycles. The lowest BCUT2D eigenvalue weighted by molar-refractivity contribution is 0.291. The third-order valence-electron chi connectivity index (χ3n) is 7.18. The largest absolute Gasteiger partial charge is 0.496 e. The second-order valence-corrected chi connectivity index (χ2v) is 11.2. The molecule has 3 aromatic rings. The molecule has 0 spiro atoms. The zero-order valence-electron chi connectivity index (χ0n) is 19.5. The van der Waals surface area contributed by atoms with E-state index in [-0.39, 0.29) is 5.92 Å². The summed E-state index contributed by atoms with van der Waals surface area (Å²) >= 11 is 0. The van der Waals surface area contributed by atoms with Crippen LogP contribution in [0.4, 0.5) is 0 Å². The quantitative estimate of drug-likeness (QED) is 0.471. The van der Waals surface area contributed by atoms with Crippen LogP contribution >= 0.6 is 0 Å². The number of nitrogens with zero attached hydrogens (tertiary/aromatic N) is 3. The maximum absolute atomic E-state index is 13.2. The molecule has 2 aliphatic rings. The summed E-state index contributed by atoms with van der Waals surface area (Å²) in [6, 6.07) is 15.1. The number of ether oxygens (including phenoxy) is 1. The van der Waals surface area contributed by atoms with E-state index in [2.05, 4.69) is 10.2 Å². The number of hydrogen-bond donors (Lipinski definition) is 0. The van der Waals surface area contributed by atoms with Crippen LogP contribution in [-0.4, -0.2) is 43.1 Å². The minimum Gasteiger partial charge on any atom is -0.496 e. The minimum absolute atomic E-state index is 0.0380. The molecule has 2 aromatic carbocycles. The van der Waals surface area contributed by atoms with Crippen molar-refractivity contribution >= 4 is 10.0 Å². The van der Waals surface area contributed by atoms with Gasteiger partial charge in [-0.1, -0.05) is 43.5 Å². The van der Waals surface area contributed by atoms with Crippen molar-refractivity contribution in [2.24, 2.45) is 0 Å². The third-order valence-corrected chi connectivity index (χ3v) is 9.09. The molecule has 180 valence electrons. The summed E-state index contributed by atoms with van der Waals surface area (Å²) in [6.07, 6.45) is 7.53. The SMILES string of the molecule is COc1ccccc1-c1nnc(C2CCN(S(=O)(=O)c3ccc(C4CCCCC4)cc3)CC2)o1. The van der Waals surface area contributed by atoms with Crippen molar-refractivity contribution in [1.82, 2.24) is 14.5 Å². The molecule has 1 saturated heterocycles. The summed E-state index contributed by atoms with van der Waals surface area (Å²) in [7, 11) is -1.90. The van der Waals surface area contributed by atoms with Crippen molar-refractivity contribution in [3.63, 3.8) is 0 Å². The van der Waals surface area contributed by atoms with Gasteiger partial charge < -0.3 is 9.15 Å². The number of para-hydroxylation sites is 1. The average Bonchev–Trinajstić information content (AvgIpc) is 3.39. The molecule has 0 atom stereocenters. The first-order valence-corrected chi connectivity index (χ1v) is 13.6. The highest BCUT2D eigenvalue weighted by atomic mass is 32.2. The third kappa shape index (κ3) is 4.61. The Balaban J connectivity index is 1.24. The van der Waals surface area contributed by atoms with Gasteiger partial charge in [0.1, 0.15) is 5.75 Å². The fourth-order valence-corrected chi connectivity index (χ4v) is 6.64. The summed E-state index contributed by atoms with van der Waals surface area (Å²) in [6.45, 7) is 0.869. The van der Waals surface area contributed by atoms with Crippen LogP contribution in [0, 0.1) is 0 Å². The van der Waals surface area contributed by atoms with Crippen LogP contribution in [0.2, 0.25) is 0 Å². The van der Waals surface area contributed by atoms with Gasteiger partial charge in [-0.2, -0.15) is 4.31 Å². The molecule has 0 amide bonds. The Morgan fingerprint density at radius 1 is 0.882 bits per heavy atom. The van der Waals surface area contributed by atoms with Gasteiger partial charge in [0.15, 0.2) is 0 Å². The monoisotopic (exact) mass is 481 g/mol. The number of rotatable bonds is 6. The molecule has 1 aliphatic carbocycles. The van der Waals surface area contributed by atoms with Crippen LogP contribution in [0.3, 0.4) is 0 Å². The number of sulfonamides is 1. The normalized spacial score (nSPS) is 18.7. The Hall–Kier alpha value is -2.71. The van der Waals surface area contributed by atoms with Crippen LogP contribution in [0.5, 0.6) is 5.75 Å². The molecule has 5 rings (SSSR count). The first kappa shape index (κ1) is 23.1. The second kappa shape index (κ2) is 9.88. The van der Waals surface area contributed by atoms with E-state index in [0.717, 1.165) is 5.56 Å². The Bertz CT molecular complexity index is 1210. The summed E-state index contributed by atoms with van der Waals surface area (Å²) in [5, 5.41) is 8.45. The smallest absolute Gasteiger partial charge is 0.251 e. The number of aromatic nitrogens is 2. The van der Waals surface area contributed by atoms with Crippen molar-refractivity contribution in [1.29, 1.82) is 0 Å². The Kier molecular flexibility index (Phi) is 6.70. The van der Waals surface area contributed by atoms with Crippen LogP contribution in [0.25, 0.3) is 11.5 Å². The summed E-state index contributed by atoms with van der Waals surface area (Å²) in [4.78, 5) is 0.377. The first-order chi connectivity index (χ1) is 16.6. The summed E-state index contributed by atoms with van der Waals surface area (Å²) < 4.78 is 39.4. The zero-order chi connectivity index (χ0) is 23.5. The Morgan fingerprint density at radius 2 is 1.59 bits per heavy atom.